The summed E-state index contributed by atoms with van der Waals surface area (Å²) < 4.78 is 52.2. The lowest BCUT2D eigenvalue weighted by molar-refractivity contribution is -0.245. The van der Waals surface area contributed by atoms with Gasteiger partial charge in [0.2, 0.25) is 5.91 Å². The number of nitrogens with zero attached hydrogens (tertiary/aromatic N) is 1. The number of benzene rings is 4. The number of likely N-dealkylation sites (tertiary alicyclic amines) is 1. The largest absolute Gasteiger partial charge is 0.471 e. The number of rotatable bonds is 10. The number of nitrogens with one attached hydrogen (secondary N) is 1. The van der Waals surface area contributed by atoms with Gasteiger partial charge in [-0.05, 0) is 52.8 Å². The summed E-state index contributed by atoms with van der Waals surface area (Å²) in [5, 5.41) is 12.3. The van der Waals surface area contributed by atoms with Crippen molar-refractivity contribution in [1.82, 2.24) is 10.2 Å². The minimum absolute atomic E-state index is 0.0299. The van der Waals surface area contributed by atoms with Crippen molar-refractivity contribution in [3.05, 3.63) is 125 Å². The third-order valence-electron chi connectivity index (χ3n) is 8.82. The van der Waals surface area contributed by atoms with E-state index in [1.165, 1.54) is 0 Å². The Morgan fingerprint density at radius 1 is 0.878 bits per heavy atom. The molecule has 0 saturated carbocycles. The van der Waals surface area contributed by atoms with Gasteiger partial charge in [0, 0.05) is 35.7 Å². The summed E-state index contributed by atoms with van der Waals surface area (Å²) in [7, 11) is 0. The molecule has 4 atom stereocenters. The number of amides is 2. The number of carbonyl (C=O) groups excluding carboxylic acids is 2. The summed E-state index contributed by atoms with van der Waals surface area (Å²) in [5.41, 5.74) is 5.20. The number of aliphatic hydroxyl groups is 1. The van der Waals surface area contributed by atoms with Gasteiger partial charge in [0.1, 0.15) is 6.04 Å². The molecule has 4 unspecified atom stereocenters. The molecule has 0 aliphatic carbocycles. The SMILES string of the molecule is O=C(NCc1ccccc1-c1ccc(C2OC(CSc3ccccc3)CC(c3ccc(CO)cc3)O2)cc1)C1CCCN1C(=O)C(F)(F)F. The predicted molar refractivity (Wildman–Crippen MR) is 180 cm³/mol. The Balaban J connectivity index is 1.16. The fourth-order valence-electron chi connectivity index (χ4n) is 6.25. The van der Waals surface area contributed by atoms with Gasteiger partial charge in [-0.3, -0.25) is 9.59 Å². The van der Waals surface area contributed by atoms with E-state index in [0.717, 1.165) is 44.0 Å². The molecular weight excluding hydrogens is 653 g/mol. The highest BCUT2D eigenvalue weighted by Crippen LogP contribution is 2.40. The average molecular weight is 691 g/mol. The zero-order chi connectivity index (χ0) is 34.4. The van der Waals surface area contributed by atoms with Gasteiger partial charge in [-0.25, -0.2) is 0 Å². The van der Waals surface area contributed by atoms with Crippen molar-refractivity contribution in [2.24, 2.45) is 0 Å². The molecule has 49 heavy (non-hydrogen) atoms. The Morgan fingerprint density at radius 3 is 2.29 bits per heavy atom. The van der Waals surface area contributed by atoms with Crippen molar-refractivity contribution in [2.75, 3.05) is 12.3 Å². The number of hydrogen-bond donors (Lipinski definition) is 2. The van der Waals surface area contributed by atoms with Gasteiger partial charge in [0.15, 0.2) is 6.29 Å². The lowest BCUT2D eigenvalue weighted by Crippen LogP contribution is -2.50. The topological polar surface area (TPSA) is 88.1 Å². The van der Waals surface area contributed by atoms with E-state index in [2.05, 4.69) is 17.4 Å². The second kappa shape index (κ2) is 15.6. The number of alkyl halides is 3. The van der Waals surface area contributed by atoms with Gasteiger partial charge in [-0.15, -0.1) is 11.8 Å². The quantitative estimate of drug-likeness (QED) is 0.169. The maximum atomic E-state index is 13.1. The van der Waals surface area contributed by atoms with Crippen LogP contribution in [0.3, 0.4) is 0 Å². The van der Waals surface area contributed by atoms with Crippen LogP contribution in [-0.4, -0.2) is 52.4 Å². The van der Waals surface area contributed by atoms with Crippen molar-refractivity contribution >= 4 is 23.6 Å². The van der Waals surface area contributed by atoms with E-state index in [-0.39, 0.29) is 38.3 Å². The van der Waals surface area contributed by atoms with Crippen LogP contribution in [0.2, 0.25) is 0 Å². The molecule has 2 saturated heterocycles. The van der Waals surface area contributed by atoms with Gasteiger partial charge in [0.05, 0.1) is 18.8 Å². The fraction of sp³-hybridized carbons (Fsp3) is 0.316. The monoisotopic (exact) mass is 690 g/mol. The number of carbonyl (C=O) groups is 2. The highest BCUT2D eigenvalue weighted by atomic mass is 32.2. The molecule has 2 aliphatic heterocycles. The van der Waals surface area contributed by atoms with Crippen LogP contribution in [0.5, 0.6) is 0 Å². The number of ether oxygens (including phenoxy) is 2. The van der Waals surface area contributed by atoms with E-state index in [1.54, 1.807) is 11.8 Å². The molecule has 256 valence electrons. The van der Waals surface area contributed by atoms with Crippen LogP contribution in [0.25, 0.3) is 11.1 Å². The molecule has 2 fully saturated rings. The maximum Gasteiger partial charge on any atom is 0.471 e. The van der Waals surface area contributed by atoms with Gasteiger partial charge in [-0.2, -0.15) is 13.2 Å². The molecule has 4 aromatic carbocycles. The first-order valence-electron chi connectivity index (χ1n) is 16.2. The number of thioether (sulfide) groups is 1. The van der Waals surface area contributed by atoms with Crippen LogP contribution in [0.15, 0.2) is 108 Å². The first-order chi connectivity index (χ1) is 23.7. The molecule has 0 radical (unpaired) electrons. The van der Waals surface area contributed by atoms with Crippen LogP contribution in [-0.2, 0) is 32.2 Å². The van der Waals surface area contributed by atoms with Crippen molar-refractivity contribution in [1.29, 1.82) is 0 Å². The molecule has 2 aliphatic rings. The van der Waals surface area contributed by atoms with Crippen molar-refractivity contribution in [2.45, 2.75) is 68.0 Å². The Morgan fingerprint density at radius 2 is 1.57 bits per heavy atom. The van der Waals surface area contributed by atoms with E-state index in [9.17, 15) is 27.9 Å². The molecule has 7 nitrogen and oxygen atoms in total. The van der Waals surface area contributed by atoms with Crippen molar-refractivity contribution < 1.29 is 37.3 Å². The van der Waals surface area contributed by atoms with Crippen LogP contribution in [0, 0.1) is 0 Å². The van der Waals surface area contributed by atoms with Crippen LogP contribution in [0.4, 0.5) is 13.2 Å². The van der Waals surface area contributed by atoms with Crippen molar-refractivity contribution in [3.8, 4) is 11.1 Å². The summed E-state index contributed by atoms with van der Waals surface area (Å²) >= 11 is 1.73. The highest BCUT2D eigenvalue weighted by molar-refractivity contribution is 7.99. The zero-order valence-corrected chi connectivity index (χ0v) is 27.5. The van der Waals surface area contributed by atoms with Gasteiger partial charge in [-0.1, -0.05) is 91.0 Å². The first-order valence-corrected chi connectivity index (χ1v) is 17.2. The van der Waals surface area contributed by atoms with Crippen LogP contribution < -0.4 is 5.32 Å². The van der Waals surface area contributed by atoms with E-state index in [4.69, 9.17) is 9.47 Å². The molecule has 11 heteroatoms. The molecule has 2 heterocycles. The van der Waals surface area contributed by atoms with E-state index in [0.29, 0.717) is 17.7 Å². The molecule has 6 rings (SSSR count). The summed E-state index contributed by atoms with van der Waals surface area (Å²) in [6.07, 6.45) is -4.74. The van der Waals surface area contributed by atoms with E-state index < -0.39 is 30.3 Å². The molecule has 0 bridgehead atoms. The second-order valence-electron chi connectivity index (χ2n) is 12.1. The van der Waals surface area contributed by atoms with Crippen LogP contribution in [0.1, 0.15) is 53.9 Å². The minimum atomic E-state index is -5.02. The smallest absolute Gasteiger partial charge is 0.392 e. The minimum Gasteiger partial charge on any atom is -0.392 e. The summed E-state index contributed by atoms with van der Waals surface area (Å²) in [6.45, 7) is -0.0391. The number of hydrogen-bond acceptors (Lipinski definition) is 6. The van der Waals surface area contributed by atoms with Crippen molar-refractivity contribution in [3.63, 3.8) is 0 Å². The Kier molecular flexibility index (Phi) is 11.0. The lowest BCUT2D eigenvalue weighted by Gasteiger charge is -2.36. The highest BCUT2D eigenvalue weighted by Gasteiger charge is 2.47. The summed E-state index contributed by atoms with van der Waals surface area (Å²) in [6, 6.07) is 32.1. The molecule has 4 aromatic rings. The maximum absolute atomic E-state index is 13.1. The third-order valence-corrected chi connectivity index (χ3v) is 9.96. The molecular formula is C38H37F3N2O5S. The summed E-state index contributed by atoms with van der Waals surface area (Å²) in [4.78, 5) is 26.6. The predicted octanol–water partition coefficient (Wildman–Crippen LogP) is 7.35. The van der Waals surface area contributed by atoms with Gasteiger partial charge < -0.3 is 24.8 Å². The van der Waals surface area contributed by atoms with Gasteiger partial charge >= 0.3 is 12.1 Å². The summed E-state index contributed by atoms with van der Waals surface area (Å²) in [5.74, 6) is -1.84. The van der Waals surface area contributed by atoms with Crippen LogP contribution >= 0.6 is 11.8 Å². The normalized spacial score (nSPS) is 21.0. The fourth-order valence-corrected chi connectivity index (χ4v) is 7.19. The molecule has 2 N–H and O–H groups in total. The van der Waals surface area contributed by atoms with E-state index in [1.807, 2.05) is 91.0 Å². The number of aliphatic hydroxyl groups excluding tert-OH is 1. The Hall–Kier alpha value is -4.16. The van der Waals surface area contributed by atoms with Gasteiger partial charge in [0.25, 0.3) is 0 Å². The third kappa shape index (κ3) is 8.53. The number of halogens is 3. The second-order valence-corrected chi connectivity index (χ2v) is 13.2. The Labute approximate surface area is 287 Å². The standard InChI is InChI=1S/C38H37F3N2O5S/c39-38(40,41)37(46)43-20-6-11-33(43)35(45)42-22-29-7-4-5-10-32(29)26-16-18-28(19-17-26)36-47-30(24-49-31-8-2-1-3-9-31)21-34(48-36)27-14-12-25(23-44)13-15-27/h1-5,7-10,12-19,30,33-34,36,44H,6,11,20-24H2,(H,42,45). The lowest BCUT2D eigenvalue weighted by atomic mass is 9.97. The molecule has 0 aromatic heterocycles. The molecule has 2 amide bonds. The Bertz CT molecular complexity index is 1720. The zero-order valence-electron chi connectivity index (χ0n) is 26.6. The molecule has 0 spiro atoms. The average Bonchev–Trinajstić information content (AvgIpc) is 3.63. The first kappa shape index (κ1) is 34.7. The van der Waals surface area contributed by atoms with E-state index >= 15 is 0 Å².